The van der Waals surface area contributed by atoms with Crippen LogP contribution in [0, 0.1) is 13.8 Å². The molecule has 3 nitrogen and oxygen atoms in total. The number of hydrogen-bond acceptors (Lipinski definition) is 3. The fraction of sp³-hybridized carbons (Fsp3) is 0.647. The number of para-hydroxylation sites is 1. The van der Waals surface area contributed by atoms with Gasteiger partial charge in [-0.05, 0) is 44.2 Å². The van der Waals surface area contributed by atoms with Gasteiger partial charge in [-0.3, -0.25) is 0 Å². The lowest BCUT2D eigenvalue weighted by Gasteiger charge is -2.33. The summed E-state index contributed by atoms with van der Waals surface area (Å²) in [4.78, 5) is 2.35. The standard InChI is InChI=1S/C17H27NO2/c1-4-15(19)12-18-10-8-16(9-11-18)20-17-13(2)6-5-7-14(17)3/h5-7,15-16,19H,4,8-12H2,1-3H3. The number of piperidine rings is 1. The molecule has 0 radical (unpaired) electrons. The SMILES string of the molecule is CCC(O)CN1CCC(Oc2c(C)cccc2C)CC1. The number of β-amino-alcohol motifs (C(OH)–C–C–N with tert-alkyl or cyclic N) is 1. The van der Waals surface area contributed by atoms with Crippen LogP contribution in [0.25, 0.3) is 0 Å². The van der Waals surface area contributed by atoms with Crippen molar-refractivity contribution in [2.75, 3.05) is 19.6 Å². The zero-order valence-electron chi connectivity index (χ0n) is 12.9. The number of nitrogens with zero attached hydrogens (tertiary/aromatic N) is 1. The van der Waals surface area contributed by atoms with Gasteiger partial charge in [0, 0.05) is 19.6 Å². The minimum absolute atomic E-state index is 0.189. The Balaban J connectivity index is 1.85. The average Bonchev–Trinajstić information content (AvgIpc) is 2.44. The number of hydrogen-bond donors (Lipinski definition) is 1. The molecule has 0 bridgehead atoms. The number of ether oxygens (including phenoxy) is 1. The van der Waals surface area contributed by atoms with E-state index in [4.69, 9.17) is 4.74 Å². The van der Waals surface area contributed by atoms with Crippen LogP contribution in [0.5, 0.6) is 5.75 Å². The summed E-state index contributed by atoms with van der Waals surface area (Å²) >= 11 is 0. The second kappa shape index (κ2) is 7.09. The molecular formula is C17H27NO2. The molecule has 3 heteroatoms. The van der Waals surface area contributed by atoms with Gasteiger partial charge in [-0.1, -0.05) is 25.1 Å². The highest BCUT2D eigenvalue weighted by atomic mass is 16.5. The van der Waals surface area contributed by atoms with Gasteiger partial charge < -0.3 is 14.7 Å². The highest BCUT2D eigenvalue weighted by molar-refractivity contribution is 5.39. The maximum absolute atomic E-state index is 9.71. The van der Waals surface area contributed by atoms with Crippen LogP contribution in [-0.2, 0) is 0 Å². The predicted octanol–water partition coefficient (Wildman–Crippen LogP) is 2.92. The number of rotatable bonds is 5. The Morgan fingerprint density at radius 2 is 1.85 bits per heavy atom. The van der Waals surface area contributed by atoms with Gasteiger partial charge in [0.25, 0.3) is 0 Å². The quantitative estimate of drug-likeness (QED) is 0.898. The third kappa shape index (κ3) is 3.97. The molecule has 1 atom stereocenters. The van der Waals surface area contributed by atoms with Gasteiger partial charge in [-0.25, -0.2) is 0 Å². The van der Waals surface area contributed by atoms with E-state index in [1.807, 2.05) is 6.92 Å². The molecule has 1 aromatic carbocycles. The minimum atomic E-state index is -0.189. The van der Waals surface area contributed by atoms with Crippen molar-refractivity contribution in [3.8, 4) is 5.75 Å². The van der Waals surface area contributed by atoms with Gasteiger partial charge in [-0.2, -0.15) is 0 Å². The Bertz CT molecular complexity index is 405. The van der Waals surface area contributed by atoms with Gasteiger partial charge >= 0.3 is 0 Å². The zero-order chi connectivity index (χ0) is 14.5. The predicted molar refractivity (Wildman–Crippen MR) is 82.3 cm³/mol. The van der Waals surface area contributed by atoms with Crippen molar-refractivity contribution in [2.45, 2.75) is 52.2 Å². The zero-order valence-corrected chi connectivity index (χ0v) is 12.9. The summed E-state index contributed by atoms with van der Waals surface area (Å²) in [6.07, 6.45) is 3.05. The van der Waals surface area contributed by atoms with Gasteiger partial charge in [-0.15, -0.1) is 0 Å². The molecule has 0 spiro atoms. The summed E-state index contributed by atoms with van der Waals surface area (Å²) in [5.74, 6) is 1.06. The summed E-state index contributed by atoms with van der Waals surface area (Å²) in [6, 6.07) is 6.29. The van der Waals surface area contributed by atoms with Crippen LogP contribution < -0.4 is 4.74 Å². The van der Waals surface area contributed by atoms with Crippen LogP contribution >= 0.6 is 0 Å². The van der Waals surface area contributed by atoms with Crippen LogP contribution in [-0.4, -0.2) is 41.8 Å². The fourth-order valence-corrected chi connectivity index (χ4v) is 2.79. The molecule has 1 aromatic rings. The van der Waals surface area contributed by atoms with E-state index in [1.165, 1.54) is 11.1 Å². The number of aryl methyl sites for hydroxylation is 2. The van der Waals surface area contributed by atoms with Crippen molar-refractivity contribution >= 4 is 0 Å². The first-order valence-corrected chi connectivity index (χ1v) is 7.73. The van der Waals surface area contributed by atoms with Crippen LogP contribution in [0.3, 0.4) is 0 Å². The fourth-order valence-electron chi connectivity index (χ4n) is 2.79. The summed E-state index contributed by atoms with van der Waals surface area (Å²) in [6.45, 7) is 9.08. The molecule has 0 saturated carbocycles. The van der Waals surface area contributed by atoms with Crippen LogP contribution in [0.15, 0.2) is 18.2 Å². The van der Waals surface area contributed by atoms with E-state index in [9.17, 15) is 5.11 Å². The Morgan fingerprint density at radius 1 is 1.25 bits per heavy atom. The summed E-state index contributed by atoms with van der Waals surface area (Å²) in [5, 5.41) is 9.71. The molecule has 1 aliphatic heterocycles. The molecule has 2 rings (SSSR count). The molecule has 1 N–H and O–H groups in total. The second-order valence-electron chi connectivity index (χ2n) is 5.90. The van der Waals surface area contributed by atoms with Gasteiger partial charge in [0.05, 0.1) is 6.10 Å². The Kier molecular flexibility index (Phi) is 5.44. The molecule has 112 valence electrons. The molecule has 20 heavy (non-hydrogen) atoms. The Morgan fingerprint density at radius 3 is 2.40 bits per heavy atom. The van der Waals surface area contributed by atoms with E-state index in [1.54, 1.807) is 0 Å². The minimum Gasteiger partial charge on any atom is -0.490 e. The summed E-state index contributed by atoms with van der Waals surface area (Å²) in [7, 11) is 0. The first kappa shape index (κ1) is 15.3. The molecule has 1 aliphatic rings. The lowest BCUT2D eigenvalue weighted by atomic mass is 10.1. The van der Waals surface area contributed by atoms with E-state index < -0.39 is 0 Å². The summed E-state index contributed by atoms with van der Waals surface area (Å²) in [5.41, 5.74) is 2.43. The number of aliphatic hydroxyl groups excluding tert-OH is 1. The lowest BCUT2D eigenvalue weighted by molar-refractivity contribution is 0.0595. The topological polar surface area (TPSA) is 32.7 Å². The Labute approximate surface area is 122 Å². The highest BCUT2D eigenvalue weighted by Gasteiger charge is 2.22. The van der Waals surface area contributed by atoms with Crippen molar-refractivity contribution in [2.24, 2.45) is 0 Å². The molecule has 0 amide bonds. The highest BCUT2D eigenvalue weighted by Crippen LogP contribution is 2.26. The second-order valence-corrected chi connectivity index (χ2v) is 5.90. The molecule has 0 aliphatic carbocycles. The van der Waals surface area contributed by atoms with E-state index in [2.05, 4.69) is 36.9 Å². The number of benzene rings is 1. The van der Waals surface area contributed by atoms with E-state index in [0.717, 1.165) is 44.6 Å². The monoisotopic (exact) mass is 277 g/mol. The smallest absolute Gasteiger partial charge is 0.125 e. The summed E-state index contributed by atoms with van der Waals surface area (Å²) < 4.78 is 6.21. The number of likely N-dealkylation sites (tertiary alicyclic amines) is 1. The third-order valence-corrected chi connectivity index (χ3v) is 4.17. The van der Waals surface area contributed by atoms with Crippen LogP contribution in [0.1, 0.15) is 37.3 Å². The van der Waals surface area contributed by atoms with Crippen molar-refractivity contribution in [3.63, 3.8) is 0 Å². The first-order valence-electron chi connectivity index (χ1n) is 7.73. The third-order valence-electron chi connectivity index (χ3n) is 4.17. The van der Waals surface area contributed by atoms with Crippen molar-refractivity contribution in [1.82, 2.24) is 4.90 Å². The largest absolute Gasteiger partial charge is 0.490 e. The molecule has 1 unspecified atom stereocenters. The van der Waals surface area contributed by atoms with Crippen molar-refractivity contribution < 1.29 is 9.84 Å². The van der Waals surface area contributed by atoms with Crippen LogP contribution in [0.4, 0.5) is 0 Å². The maximum Gasteiger partial charge on any atom is 0.125 e. The normalized spacial score (nSPS) is 19.0. The molecule has 0 aromatic heterocycles. The molecular weight excluding hydrogens is 250 g/mol. The molecule has 1 fully saturated rings. The maximum atomic E-state index is 9.71. The molecule has 1 heterocycles. The average molecular weight is 277 g/mol. The van der Waals surface area contributed by atoms with E-state index in [0.29, 0.717) is 6.10 Å². The van der Waals surface area contributed by atoms with Crippen molar-refractivity contribution in [3.05, 3.63) is 29.3 Å². The lowest BCUT2D eigenvalue weighted by Crippen LogP contribution is -2.41. The number of aliphatic hydroxyl groups is 1. The first-order chi connectivity index (χ1) is 9.60. The van der Waals surface area contributed by atoms with Gasteiger partial charge in [0.15, 0.2) is 0 Å². The van der Waals surface area contributed by atoms with E-state index >= 15 is 0 Å². The molecule has 1 saturated heterocycles. The van der Waals surface area contributed by atoms with Crippen molar-refractivity contribution in [1.29, 1.82) is 0 Å². The van der Waals surface area contributed by atoms with Gasteiger partial charge in [0.2, 0.25) is 0 Å². The van der Waals surface area contributed by atoms with E-state index in [-0.39, 0.29) is 6.10 Å². The Hall–Kier alpha value is -1.06. The van der Waals surface area contributed by atoms with Crippen LogP contribution in [0.2, 0.25) is 0 Å². The van der Waals surface area contributed by atoms with Gasteiger partial charge in [0.1, 0.15) is 11.9 Å².